The fourth-order valence-electron chi connectivity index (χ4n) is 1.91. The minimum Gasteiger partial charge on any atom is -0.497 e. The Bertz CT molecular complexity index is 601. The molecular formula is C15H17N3OS. The lowest BCUT2D eigenvalue weighted by molar-refractivity contribution is 0.414. The average molecular weight is 287 g/mol. The quantitative estimate of drug-likeness (QED) is 0.799. The first-order chi connectivity index (χ1) is 9.70. The van der Waals surface area contributed by atoms with E-state index >= 15 is 0 Å². The predicted molar refractivity (Wildman–Crippen MR) is 85.3 cm³/mol. The van der Waals surface area contributed by atoms with Gasteiger partial charge in [0.1, 0.15) is 16.4 Å². The number of hydrogen-bond acceptors (Lipinski definition) is 4. The molecule has 2 rings (SSSR count). The van der Waals surface area contributed by atoms with E-state index in [-0.39, 0.29) is 0 Å². The highest BCUT2D eigenvalue weighted by Gasteiger charge is 2.05. The molecule has 20 heavy (non-hydrogen) atoms. The topological polar surface area (TPSA) is 60.2 Å². The predicted octanol–water partition coefficient (Wildman–Crippen LogP) is 2.38. The summed E-state index contributed by atoms with van der Waals surface area (Å²) in [6.45, 7) is 0.772. The minimum absolute atomic E-state index is 0.300. The minimum atomic E-state index is 0.300. The van der Waals surface area contributed by atoms with Gasteiger partial charge in [-0.25, -0.2) is 0 Å². The number of methoxy groups -OCH3 is 1. The maximum absolute atomic E-state index is 5.65. The Morgan fingerprint density at radius 3 is 2.95 bits per heavy atom. The van der Waals surface area contributed by atoms with E-state index in [0.29, 0.717) is 10.7 Å². The molecule has 0 radical (unpaired) electrons. The summed E-state index contributed by atoms with van der Waals surface area (Å²) in [4.78, 5) is 4.48. The van der Waals surface area contributed by atoms with Gasteiger partial charge in [0, 0.05) is 12.7 Å². The zero-order valence-corrected chi connectivity index (χ0v) is 12.1. The molecule has 1 aromatic carbocycles. The number of thiocarbonyl (C=S) groups is 1. The van der Waals surface area contributed by atoms with Crippen molar-refractivity contribution in [3.05, 3.63) is 53.9 Å². The van der Waals surface area contributed by atoms with Gasteiger partial charge in [-0.1, -0.05) is 24.4 Å². The van der Waals surface area contributed by atoms with Gasteiger partial charge < -0.3 is 15.8 Å². The summed E-state index contributed by atoms with van der Waals surface area (Å²) in [6.07, 6.45) is 2.56. The van der Waals surface area contributed by atoms with Crippen LogP contribution < -0.4 is 15.8 Å². The molecule has 0 amide bonds. The molecule has 1 aromatic heterocycles. The fraction of sp³-hybridized carbons (Fsp3) is 0.200. The second-order valence-corrected chi connectivity index (χ2v) is 4.73. The summed E-state index contributed by atoms with van der Waals surface area (Å²) in [6, 6.07) is 11.8. The number of pyridine rings is 1. The Labute approximate surface area is 124 Å². The third kappa shape index (κ3) is 3.68. The number of ether oxygens (including phenoxy) is 1. The van der Waals surface area contributed by atoms with Gasteiger partial charge in [-0.05, 0) is 36.2 Å². The second kappa shape index (κ2) is 6.86. The molecule has 0 bridgehead atoms. The van der Waals surface area contributed by atoms with Gasteiger partial charge in [0.15, 0.2) is 0 Å². The van der Waals surface area contributed by atoms with Gasteiger partial charge in [0.2, 0.25) is 0 Å². The van der Waals surface area contributed by atoms with Crippen molar-refractivity contribution in [2.75, 3.05) is 19.0 Å². The van der Waals surface area contributed by atoms with E-state index in [1.807, 2.05) is 30.3 Å². The molecule has 0 aliphatic heterocycles. The summed E-state index contributed by atoms with van der Waals surface area (Å²) in [5.41, 5.74) is 8.35. The third-order valence-electron chi connectivity index (χ3n) is 2.90. The highest BCUT2D eigenvalue weighted by atomic mass is 32.1. The first-order valence-corrected chi connectivity index (χ1v) is 6.73. The molecule has 0 fully saturated rings. The van der Waals surface area contributed by atoms with Crippen LogP contribution in [0.5, 0.6) is 5.75 Å². The SMILES string of the molecule is COc1cccc(CCNc2cccnc2C(N)=S)c1. The molecule has 0 aliphatic rings. The first-order valence-electron chi connectivity index (χ1n) is 6.32. The van der Waals surface area contributed by atoms with E-state index in [2.05, 4.69) is 16.4 Å². The molecule has 0 spiro atoms. The summed E-state index contributed by atoms with van der Waals surface area (Å²) < 4.78 is 5.21. The van der Waals surface area contributed by atoms with Crippen LogP contribution in [-0.4, -0.2) is 23.6 Å². The van der Waals surface area contributed by atoms with Crippen molar-refractivity contribution in [2.24, 2.45) is 5.73 Å². The second-order valence-electron chi connectivity index (χ2n) is 4.29. The summed E-state index contributed by atoms with van der Waals surface area (Å²) in [5, 5.41) is 3.31. The van der Waals surface area contributed by atoms with Crippen LogP contribution in [0.15, 0.2) is 42.6 Å². The Morgan fingerprint density at radius 2 is 2.20 bits per heavy atom. The van der Waals surface area contributed by atoms with Crippen molar-refractivity contribution >= 4 is 22.9 Å². The van der Waals surface area contributed by atoms with Gasteiger partial charge >= 0.3 is 0 Å². The lowest BCUT2D eigenvalue weighted by atomic mass is 10.1. The van der Waals surface area contributed by atoms with E-state index in [1.165, 1.54) is 5.56 Å². The zero-order valence-electron chi connectivity index (χ0n) is 11.3. The lowest BCUT2D eigenvalue weighted by Gasteiger charge is -2.10. The van der Waals surface area contributed by atoms with Crippen LogP contribution in [0.1, 0.15) is 11.3 Å². The Balaban J connectivity index is 1.97. The number of hydrogen-bond donors (Lipinski definition) is 2. The number of nitrogens with two attached hydrogens (primary N) is 1. The monoisotopic (exact) mass is 287 g/mol. The Hall–Kier alpha value is -2.14. The number of anilines is 1. The molecule has 2 aromatic rings. The molecule has 5 heteroatoms. The van der Waals surface area contributed by atoms with Crippen molar-refractivity contribution in [1.82, 2.24) is 4.98 Å². The van der Waals surface area contributed by atoms with Crippen molar-refractivity contribution < 1.29 is 4.74 Å². The molecule has 1 heterocycles. The molecule has 3 N–H and O–H groups in total. The van der Waals surface area contributed by atoms with E-state index in [1.54, 1.807) is 13.3 Å². The fourth-order valence-corrected chi connectivity index (χ4v) is 2.08. The summed E-state index contributed by atoms with van der Waals surface area (Å²) in [5.74, 6) is 0.868. The standard InChI is InChI=1S/C15H17N3OS/c1-19-12-5-2-4-11(10-12)7-9-17-13-6-3-8-18-14(13)15(16)20/h2-6,8,10,17H,7,9H2,1H3,(H2,16,20). The molecule has 104 valence electrons. The maximum atomic E-state index is 5.65. The average Bonchev–Trinajstić information content (AvgIpc) is 2.48. The third-order valence-corrected chi connectivity index (χ3v) is 3.10. The maximum Gasteiger partial charge on any atom is 0.124 e. The van der Waals surface area contributed by atoms with E-state index in [0.717, 1.165) is 24.4 Å². The number of aromatic nitrogens is 1. The van der Waals surface area contributed by atoms with Crippen LogP contribution in [0.25, 0.3) is 0 Å². The normalized spacial score (nSPS) is 10.1. The molecule has 0 saturated heterocycles. The number of benzene rings is 1. The molecule has 4 nitrogen and oxygen atoms in total. The van der Waals surface area contributed by atoms with Gasteiger partial charge in [0.25, 0.3) is 0 Å². The lowest BCUT2D eigenvalue weighted by Crippen LogP contribution is -2.16. The van der Waals surface area contributed by atoms with Crippen molar-refractivity contribution in [2.45, 2.75) is 6.42 Å². The van der Waals surface area contributed by atoms with Crippen LogP contribution in [0.2, 0.25) is 0 Å². The van der Waals surface area contributed by atoms with Crippen LogP contribution in [0.4, 0.5) is 5.69 Å². The highest BCUT2D eigenvalue weighted by molar-refractivity contribution is 7.80. The molecule has 0 saturated carbocycles. The molecule has 0 unspecified atom stereocenters. The van der Waals surface area contributed by atoms with E-state index in [4.69, 9.17) is 22.7 Å². The zero-order chi connectivity index (χ0) is 14.4. The molecule has 0 aliphatic carbocycles. The van der Waals surface area contributed by atoms with Gasteiger partial charge in [-0.2, -0.15) is 0 Å². The van der Waals surface area contributed by atoms with Crippen molar-refractivity contribution in [1.29, 1.82) is 0 Å². The van der Waals surface area contributed by atoms with E-state index in [9.17, 15) is 0 Å². The largest absolute Gasteiger partial charge is 0.497 e. The van der Waals surface area contributed by atoms with Crippen LogP contribution >= 0.6 is 12.2 Å². The van der Waals surface area contributed by atoms with Gasteiger partial charge in [-0.15, -0.1) is 0 Å². The van der Waals surface area contributed by atoms with Crippen LogP contribution in [0.3, 0.4) is 0 Å². The molecule has 0 atom stereocenters. The van der Waals surface area contributed by atoms with Crippen molar-refractivity contribution in [3.8, 4) is 5.75 Å². The van der Waals surface area contributed by atoms with Gasteiger partial charge in [-0.3, -0.25) is 4.98 Å². The first kappa shape index (κ1) is 14.3. The number of nitrogens with one attached hydrogen (secondary N) is 1. The number of rotatable bonds is 6. The smallest absolute Gasteiger partial charge is 0.124 e. The Kier molecular flexibility index (Phi) is 4.90. The molecular weight excluding hydrogens is 270 g/mol. The van der Waals surface area contributed by atoms with Gasteiger partial charge in [0.05, 0.1) is 12.8 Å². The summed E-state index contributed by atoms with van der Waals surface area (Å²) >= 11 is 4.99. The number of nitrogens with zero attached hydrogens (tertiary/aromatic N) is 1. The van der Waals surface area contributed by atoms with Crippen LogP contribution in [-0.2, 0) is 6.42 Å². The Morgan fingerprint density at radius 1 is 1.35 bits per heavy atom. The van der Waals surface area contributed by atoms with Crippen molar-refractivity contribution in [3.63, 3.8) is 0 Å². The summed E-state index contributed by atoms with van der Waals surface area (Å²) in [7, 11) is 1.67. The highest BCUT2D eigenvalue weighted by Crippen LogP contribution is 2.15. The van der Waals surface area contributed by atoms with E-state index < -0.39 is 0 Å². The van der Waals surface area contributed by atoms with Crippen LogP contribution in [0, 0.1) is 0 Å².